The zero-order valence-corrected chi connectivity index (χ0v) is 23.4. The molecule has 2 atom stereocenters. The summed E-state index contributed by atoms with van der Waals surface area (Å²) in [5.74, 6) is 0. The Labute approximate surface area is 226 Å². The van der Waals surface area contributed by atoms with E-state index in [-0.39, 0.29) is 42.7 Å². The minimum atomic E-state index is -4.87. The van der Waals surface area contributed by atoms with E-state index in [1.165, 1.54) is 39.0 Å². The van der Waals surface area contributed by atoms with Crippen LogP contribution in [0.1, 0.15) is 31.7 Å². The molecule has 1 heterocycles. The maximum Gasteiger partial charge on any atom is 0.421 e. The summed E-state index contributed by atoms with van der Waals surface area (Å²) in [6.07, 6.45) is 2.84. The normalized spacial score (nSPS) is 23.4. The Bertz CT molecular complexity index is 1350. The molecule has 1 N–H and O–H groups in total. The number of nitrogens with zero attached hydrogens (tertiary/aromatic N) is 3. The topological polar surface area (TPSA) is 98.2 Å². The van der Waals surface area contributed by atoms with Gasteiger partial charge in [-0.3, -0.25) is 0 Å². The van der Waals surface area contributed by atoms with Crippen LogP contribution < -0.4 is 4.90 Å². The fraction of sp³-hybridized carbons (Fsp3) is 0.542. The summed E-state index contributed by atoms with van der Waals surface area (Å²) < 4.78 is 94.6. The monoisotopic (exact) mass is 593 g/mol. The van der Waals surface area contributed by atoms with Crippen molar-refractivity contribution in [3.05, 3.63) is 53.0 Å². The number of alkyl halides is 3. The number of aliphatic hydroxyl groups is 1. The minimum absolute atomic E-state index is 0.0148. The van der Waals surface area contributed by atoms with Gasteiger partial charge in [-0.15, -0.1) is 0 Å². The number of anilines is 1. The number of piperazine rings is 1. The number of hydrogen-bond donors (Lipinski definition) is 1. The zero-order valence-electron chi connectivity index (χ0n) is 20.9. The fourth-order valence-corrected chi connectivity index (χ4v) is 7.97. The third-order valence-corrected chi connectivity index (χ3v) is 10.9. The van der Waals surface area contributed by atoms with Crippen molar-refractivity contribution in [3.8, 4) is 0 Å². The van der Waals surface area contributed by atoms with Crippen LogP contribution in [0.25, 0.3) is 0 Å². The number of halogens is 3. The first kappa shape index (κ1) is 29.2. The van der Waals surface area contributed by atoms with E-state index in [0.29, 0.717) is 36.7 Å². The van der Waals surface area contributed by atoms with Crippen molar-refractivity contribution in [1.29, 1.82) is 0 Å². The fourth-order valence-electron chi connectivity index (χ4n) is 4.70. The molecule has 38 heavy (non-hydrogen) atoms. The van der Waals surface area contributed by atoms with Gasteiger partial charge in [0.1, 0.15) is 0 Å². The Morgan fingerprint density at radius 3 is 2.26 bits per heavy atom. The van der Waals surface area contributed by atoms with Gasteiger partial charge in [0.25, 0.3) is 0 Å². The van der Waals surface area contributed by atoms with Crippen LogP contribution in [0.3, 0.4) is 0 Å². The summed E-state index contributed by atoms with van der Waals surface area (Å²) in [5.41, 5.74) is -2.89. The molecule has 1 saturated heterocycles. The lowest BCUT2D eigenvalue weighted by Crippen LogP contribution is -2.59. The smallest absolute Gasteiger partial charge is 0.376 e. The average Bonchev–Trinajstić information content (AvgIpc) is 3.66. The Hall–Kier alpha value is -1.84. The maximum atomic E-state index is 13.5. The number of allylic oxidation sites excluding steroid dienone is 4. The Morgan fingerprint density at radius 1 is 1.11 bits per heavy atom. The molecule has 1 aromatic carbocycles. The summed E-state index contributed by atoms with van der Waals surface area (Å²) in [5, 5.41) is 10.0. The van der Waals surface area contributed by atoms with E-state index < -0.39 is 37.9 Å². The van der Waals surface area contributed by atoms with Crippen LogP contribution in [0.15, 0.2) is 47.4 Å². The second-order valence-corrected chi connectivity index (χ2v) is 14.3. The highest BCUT2D eigenvalue weighted by atomic mass is 32.2. The van der Waals surface area contributed by atoms with Crippen molar-refractivity contribution >= 4 is 42.8 Å². The molecule has 0 spiro atoms. The third-order valence-electron chi connectivity index (χ3n) is 7.11. The predicted octanol–water partition coefficient (Wildman–Crippen LogP) is 2.91. The van der Waals surface area contributed by atoms with Gasteiger partial charge in [-0.1, -0.05) is 36.5 Å². The molecule has 2 aliphatic carbocycles. The van der Waals surface area contributed by atoms with Crippen molar-refractivity contribution in [2.24, 2.45) is 0 Å². The van der Waals surface area contributed by atoms with Gasteiger partial charge in [0.2, 0.25) is 20.0 Å². The molecule has 3 aliphatic rings. The molecule has 1 unspecified atom stereocenters. The van der Waals surface area contributed by atoms with E-state index in [1.54, 1.807) is 12.2 Å². The largest absolute Gasteiger partial charge is 0.421 e. The maximum absolute atomic E-state index is 13.5. The second kappa shape index (κ2) is 10.3. The summed E-state index contributed by atoms with van der Waals surface area (Å²) in [6.45, 7) is 0.908. The summed E-state index contributed by atoms with van der Waals surface area (Å²) >= 11 is 5.28. The van der Waals surface area contributed by atoms with E-state index in [4.69, 9.17) is 12.2 Å². The minimum Gasteiger partial charge on any atom is -0.376 e. The van der Waals surface area contributed by atoms with Crippen LogP contribution in [-0.2, 0) is 25.6 Å². The van der Waals surface area contributed by atoms with Crippen LogP contribution in [0.5, 0.6) is 0 Å². The highest BCUT2D eigenvalue weighted by molar-refractivity contribution is 7.96. The quantitative estimate of drug-likeness (QED) is 0.463. The van der Waals surface area contributed by atoms with Gasteiger partial charge in [-0.25, -0.2) is 16.8 Å². The predicted molar refractivity (Wildman–Crippen MR) is 143 cm³/mol. The average molecular weight is 594 g/mol. The van der Waals surface area contributed by atoms with E-state index >= 15 is 0 Å². The molecule has 0 radical (unpaired) electrons. The molecule has 1 aromatic rings. The van der Waals surface area contributed by atoms with Crippen LogP contribution in [-0.4, -0.2) is 86.1 Å². The Balaban J connectivity index is 1.66. The first-order valence-electron chi connectivity index (χ1n) is 12.1. The van der Waals surface area contributed by atoms with Crippen LogP contribution in [0.4, 0.5) is 18.9 Å². The SMILES string of the molecule is CC(O)(c1ccc(N2CCN(S(=O)(=O)C3=CC=CCC3=S)C[C@@H]2CN(C2CC2)S(C)(=O)=O)cc1)C(F)(F)F. The molecular formula is C24H30F3N3O5S3. The molecule has 0 bridgehead atoms. The van der Waals surface area contributed by atoms with Gasteiger partial charge in [0.05, 0.1) is 17.2 Å². The highest BCUT2D eigenvalue weighted by Gasteiger charge is 2.51. The van der Waals surface area contributed by atoms with Gasteiger partial charge < -0.3 is 10.0 Å². The summed E-state index contributed by atoms with van der Waals surface area (Å²) in [4.78, 5) is 2.16. The summed E-state index contributed by atoms with van der Waals surface area (Å²) in [6, 6.07) is 4.43. The van der Waals surface area contributed by atoms with Crippen LogP contribution in [0.2, 0.25) is 0 Å². The molecule has 4 rings (SSSR count). The molecule has 1 saturated carbocycles. The molecule has 0 amide bonds. The molecular weight excluding hydrogens is 563 g/mol. The third kappa shape index (κ3) is 5.85. The van der Waals surface area contributed by atoms with Gasteiger partial charge in [0.15, 0.2) is 5.60 Å². The first-order valence-corrected chi connectivity index (χ1v) is 15.8. The van der Waals surface area contributed by atoms with Crippen molar-refractivity contribution < 1.29 is 35.1 Å². The number of thiocarbonyl (C=S) groups is 1. The van der Waals surface area contributed by atoms with Crippen LogP contribution in [0, 0.1) is 0 Å². The number of benzene rings is 1. The molecule has 210 valence electrons. The van der Waals surface area contributed by atoms with Gasteiger partial charge in [-0.2, -0.15) is 21.8 Å². The Morgan fingerprint density at radius 2 is 1.74 bits per heavy atom. The lowest BCUT2D eigenvalue weighted by Gasteiger charge is -2.44. The van der Waals surface area contributed by atoms with E-state index in [0.717, 1.165) is 6.26 Å². The van der Waals surface area contributed by atoms with Crippen molar-refractivity contribution in [3.63, 3.8) is 0 Å². The molecule has 2 fully saturated rings. The van der Waals surface area contributed by atoms with Crippen LogP contribution >= 0.6 is 12.2 Å². The van der Waals surface area contributed by atoms with Crippen molar-refractivity contribution in [1.82, 2.24) is 8.61 Å². The standard InChI is InChI=1S/C24H30F3N3O5S3/c1-23(31,24(25,26)27)17-7-9-18(10-8-17)29-14-13-28(38(34,35)22-6-4-3-5-21(22)36)15-20(29)16-30(19-11-12-19)37(2,32)33/h3-4,6-10,19-20,31H,5,11-16H2,1-2H3/t20-,23?/m1/s1. The molecule has 1 aliphatic heterocycles. The number of rotatable bonds is 8. The van der Waals surface area contributed by atoms with Gasteiger partial charge >= 0.3 is 6.18 Å². The van der Waals surface area contributed by atoms with E-state index in [9.17, 15) is 35.1 Å². The van der Waals surface area contributed by atoms with Crippen molar-refractivity contribution in [2.75, 3.05) is 37.3 Å². The number of sulfonamides is 2. The van der Waals surface area contributed by atoms with E-state index in [2.05, 4.69) is 0 Å². The first-order chi connectivity index (χ1) is 17.5. The molecule has 8 nitrogen and oxygen atoms in total. The van der Waals surface area contributed by atoms with Gasteiger partial charge in [-0.05, 0) is 43.5 Å². The van der Waals surface area contributed by atoms with E-state index in [1.807, 2.05) is 4.90 Å². The Kier molecular flexibility index (Phi) is 7.89. The number of hydrogen-bond acceptors (Lipinski definition) is 7. The second-order valence-electron chi connectivity index (χ2n) is 9.98. The lowest BCUT2D eigenvalue weighted by atomic mass is 9.95. The molecule has 0 aromatic heterocycles. The summed E-state index contributed by atoms with van der Waals surface area (Å²) in [7, 11) is -7.53. The van der Waals surface area contributed by atoms with Crippen molar-refractivity contribution in [2.45, 2.75) is 50.0 Å². The lowest BCUT2D eigenvalue weighted by molar-refractivity contribution is -0.258. The van der Waals surface area contributed by atoms with Gasteiger partial charge in [0, 0.05) is 49.2 Å². The highest BCUT2D eigenvalue weighted by Crippen LogP contribution is 2.39. The molecule has 14 heteroatoms. The zero-order chi connectivity index (χ0) is 28.1.